The van der Waals surface area contributed by atoms with Crippen LogP contribution < -0.4 is 10.9 Å². The normalized spacial score (nSPS) is 11.0. The van der Waals surface area contributed by atoms with Crippen molar-refractivity contribution < 1.29 is 18.0 Å². The number of thioether (sulfide) groups is 1. The number of benzene rings is 3. The van der Waals surface area contributed by atoms with Crippen molar-refractivity contribution in [2.24, 2.45) is 0 Å². The molecular formula is C22H13ClF3N3O2S. The van der Waals surface area contributed by atoms with Crippen LogP contribution in [0.3, 0.4) is 0 Å². The van der Waals surface area contributed by atoms with Crippen LogP contribution in [0.1, 0.15) is 0 Å². The van der Waals surface area contributed by atoms with E-state index in [-0.39, 0.29) is 32.7 Å². The zero-order valence-corrected chi connectivity index (χ0v) is 17.7. The van der Waals surface area contributed by atoms with Gasteiger partial charge in [-0.25, -0.2) is 18.2 Å². The predicted octanol–water partition coefficient (Wildman–Crippen LogP) is 5.19. The number of fused-ring (bicyclic) bond motifs is 1. The number of para-hydroxylation sites is 1. The third kappa shape index (κ3) is 4.49. The number of aromatic nitrogens is 2. The lowest BCUT2D eigenvalue weighted by molar-refractivity contribution is -0.113. The number of nitrogens with one attached hydrogen (secondary N) is 1. The molecule has 4 rings (SSSR count). The highest BCUT2D eigenvalue weighted by atomic mass is 35.5. The van der Waals surface area contributed by atoms with E-state index in [9.17, 15) is 22.8 Å². The fourth-order valence-corrected chi connectivity index (χ4v) is 4.01. The third-order valence-corrected chi connectivity index (χ3v) is 5.68. The minimum atomic E-state index is -0.950. The fourth-order valence-electron chi connectivity index (χ4n) is 2.99. The maximum Gasteiger partial charge on any atom is 0.266 e. The minimum absolute atomic E-state index is 0.0254. The highest BCUT2D eigenvalue weighted by Crippen LogP contribution is 2.25. The summed E-state index contributed by atoms with van der Waals surface area (Å²) in [4.78, 5) is 29.9. The molecular weight excluding hydrogens is 463 g/mol. The summed E-state index contributed by atoms with van der Waals surface area (Å²) in [5.74, 6) is -3.00. The van der Waals surface area contributed by atoms with Gasteiger partial charge in [0.25, 0.3) is 5.56 Å². The number of hydrogen-bond acceptors (Lipinski definition) is 4. The molecule has 0 aliphatic carbocycles. The smallest absolute Gasteiger partial charge is 0.266 e. The Morgan fingerprint density at radius 1 is 1.03 bits per heavy atom. The first-order chi connectivity index (χ1) is 15.3. The van der Waals surface area contributed by atoms with E-state index in [1.165, 1.54) is 6.07 Å². The van der Waals surface area contributed by atoms with Crippen molar-refractivity contribution in [1.82, 2.24) is 9.55 Å². The van der Waals surface area contributed by atoms with E-state index >= 15 is 0 Å². The summed E-state index contributed by atoms with van der Waals surface area (Å²) in [6.45, 7) is 0. The molecule has 5 nitrogen and oxygen atoms in total. The molecule has 4 aromatic rings. The summed E-state index contributed by atoms with van der Waals surface area (Å²) in [5, 5.41) is 2.85. The van der Waals surface area contributed by atoms with Crippen LogP contribution in [-0.2, 0) is 4.79 Å². The zero-order valence-electron chi connectivity index (χ0n) is 16.1. The Morgan fingerprint density at radius 2 is 1.75 bits per heavy atom. The first-order valence-corrected chi connectivity index (χ1v) is 10.5. The van der Waals surface area contributed by atoms with E-state index < -0.39 is 28.9 Å². The largest absolute Gasteiger partial charge is 0.324 e. The summed E-state index contributed by atoms with van der Waals surface area (Å²) in [6, 6.07) is 12.8. The van der Waals surface area contributed by atoms with Gasteiger partial charge in [0.1, 0.15) is 17.5 Å². The van der Waals surface area contributed by atoms with Gasteiger partial charge < -0.3 is 5.32 Å². The van der Waals surface area contributed by atoms with E-state index in [2.05, 4.69) is 10.3 Å². The Hall–Kier alpha value is -3.30. The number of carbonyl (C=O) groups excluding carboxylic acids is 1. The van der Waals surface area contributed by atoms with Crippen molar-refractivity contribution in [3.63, 3.8) is 0 Å². The van der Waals surface area contributed by atoms with Gasteiger partial charge in [-0.3, -0.25) is 14.2 Å². The number of carbonyl (C=O) groups is 1. The molecule has 0 atom stereocenters. The van der Waals surface area contributed by atoms with E-state index in [0.29, 0.717) is 11.6 Å². The maximum absolute atomic E-state index is 14.5. The molecule has 0 fully saturated rings. The Bertz CT molecular complexity index is 1410. The summed E-state index contributed by atoms with van der Waals surface area (Å²) in [5.41, 5.74) is -0.183. The van der Waals surface area contributed by atoms with Crippen molar-refractivity contribution in [1.29, 1.82) is 0 Å². The fraction of sp³-hybridized carbons (Fsp3) is 0.0455. The first kappa shape index (κ1) is 21.9. The number of anilines is 1. The zero-order chi connectivity index (χ0) is 22.8. The van der Waals surface area contributed by atoms with Gasteiger partial charge in [0.15, 0.2) is 5.16 Å². The molecule has 0 saturated heterocycles. The minimum Gasteiger partial charge on any atom is -0.324 e. The summed E-state index contributed by atoms with van der Waals surface area (Å²) < 4.78 is 42.1. The molecule has 162 valence electrons. The molecule has 0 spiro atoms. The molecule has 1 N–H and O–H groups in total. The van der Waals surface area contributed by atoms with E-state index in [4.69, 9.17) is 11.6 Å². The highest BCUT2D eigenvalue weighted by molar-refractivity contribution is 7.99. The van der Waals surface area contributed by atoms with E-state index in [0.717, 1.165) is 40.6 Å². The molecule has 3 aromatic carbocycles. The predicted molar refractivity (Wildman–Crippen MR) is 118 cm³/mol. The van der Waals surface area contributed by atoms with Crippen LogP contribution in [0.25, 0.3) is 16.6 Å². The van der Waals surface area contributed by atoms with E-state index in [1.807, 2.05) is 0 Å². The molecule has 10 heteroatoms. The van der Waals surface area contributed by atoms with Gasteiger partial charge in [-0.1, -0.05) is 35.5 Å². The Balaban J connectivity index is 1.69. The van der Waals surface area contributed by atoms with Gasteiger partial charge >= 0.3 is 0 Å². The Morgan fingerprint density at radius 3 is 2.50 bits per heavy atom. The van der Waals surface area contributed by atoms with Crippen LogP contribution in [-0.4, -0.2) is 21.2 Å². The first-order valence-electron chi connectivity index (χ1n) is 9.18. The van der Waals surface area contributed by atoms with Gasteiger partial charge in [0.2, 0.25) is 5.91 Å². The number of hydrogen-bond donors (Lipinski definition) is 1. The third-order valence-electron chi connectivity index (χ3n) is 4.43. The molecule has 1 amide bonds. The van der Waals surface area contributed by atoms with Crippen molar-refractivity contribution in [2.75, 3.05) is 11.1 Å². The van der Waals surface area contributed by atoms with Gasteiger partial charge in [-0.05, 0) is 42.5 Å². The molecule has 0 saturated carbocycles. The quantitative estimate of drug-likeness (QED) is 0.319. The number of halogens is 4. The molecule has 0 unspecified atom stereocenters. The van der Waals surface area contributed by atoms with Crippen molar-refractivity contribution in [2.45, 2.75) is 5.16 Å². The second-order valence-electron chi connectivity index (χ2n) is 6.61. The van der Waals surface area contributed by atoms with Crippen LogP contribution in [0.5, 0.6) is 0 Å². The van der Waals surface area contributed by atoms with Crippen LogP contribution in [0.4, 0.5) is 18.9 Å². The van der Waals surface area contributed by atoms with Gasteiger partial charge in [-0.2, -0.15) is 0 Å². The monoisotopic (exact) mass is 475 g/mol. The lowest BCUT2D eigenvalue weighted by Gasteiger charge is -2.14. The highest BCUT2D eigenvalue weighted by Gasteiger charge is 2.18. The number of nitrogens with zero attached hydrogens (tertiary/aromatic N) is 2. The molecule has 0 aliphatic heterocycles. The lowest BCUT2D eigenvalue weighted by atomic mass is 10.2. The average Bonchev–Trinajstić information content (AvgIpc) is 2.75. The molecule has 0 radical (unpaired) electrons. The maximum atomic E-state index is 14.5. The van der Waals surface area contributed by atoms with Crippen LogP contribution in [0, 0.1) is 17.5 Å². The van der Waals surface area contributed by atoms with Crippen LogP contribution in [0.2, 0.25) is 5.02 Å². The molecule has 1 heterocycles. The topological polar surface area (TPSA) is 64.0 Å². The molecule has 0 aliphatic rings. The summed E-state index contributed by atoms with van der Waals surface area (Å²) >= 11 is 6.80. The van der Waals surface area contributed by atoms with Crippen molar-refractivity contribution in [3.8, 4) is 5.69 Å². The van der Waals surface area contributed by atoms with Crippen molar-refractivity contribution >= 4 is 45.9 Å². The molecule has 1 aromatic heterocycles. The van der Waals surface area contributed by atoms with Gasteiger partial charge in [-0.15, -0.1) is 0 Å². The Labute approximate surface area is 188 Å². The van der Waals surface area contributed by atoms with Crippen LogP contribution in [0.15, 0.2) is 70.6 Å². The number of rotatable bonds is 5. The summed E-state index contributed by atoms with van der Waals surface area (Å²) in [7, 11) is 0. The molecule has 32 heavy (non-hydrogen) atoms. The second-order valence-corrected chi connectivity index (χ2v) is 7.96. The van der Waals surface area contributed by atoms with Gasteiger partial charge in [0.05, 0.1) is 33.1 Å². The second kappa shape index (κ2) is 9.05. The van der Waals surface area contributed by atoms with E-state index in [1.54, 1.807) is 24.3 Å². The van der Waals surface area contributed by atoms with Gasteiger partial charge in [0, 0.05) is 6.07 Å². The average molecular weight is 476 g/mol. The summed E-state index contributed by atoms with van der Waals surface area (Å²) in [6.07, 6.45) is 0. The SMILES string of the molecule is O=C(CSc1nc2ccccc2c(=O)n1-c1ccc(F)cc1F)Nc1ccc(F)cc1Cl. The molecule has 0 bridgehead atoms. The lowest BCUT2D eigenvalue weighted by Crippen LogP contribution is -2.23. The number of amides is 1. The standard InChI is InChI=1S/C22H13ClF3N3O2S/c23-15-9-12(24)5-7-18(15)27-20(30)11-32-22-28-17-4-2-1-3-14(17)21(31)29(22)19-8-6-13(25)10-16(19)26/h1-10H,11H2,(H,27,30). The Kier molecular flexibility index (Phi) is 6.20. The van der Waals surface area contributed by atoms with Crippen molar-refractivity contribution in [3.05, 3.63) is 93.5 Å². The van der Waals surface area contributed by atoms with Crippen LogP contribution >= 0.6 is 23.4 Å².